The average Bonchev–Trinajstić information content (AvgIpc) is 3.03. The lowest BCUT2D eigenvalue weighted by molar-refractivity contribution is -0.0254. The maximum absolute atomic E-state index is 11.2. The molecule has 1 aromatic heterocycles. The molecule has 1 N–H and O–H groups in total. The van der Waals surface area contributed by atoms with Crippen LogP contribution in [0.2, 0.25) is 5.02 Å². The SMILES string of the molecule is CCOc1cccc2c1C/C(=C/CCN1CCC(O)(c3ccc(Cl)cc3)CC1)c1cccnc1O2. The van der Waals surface area contributed by atoms with Gasteiger partial charge in [-0.15, -0.1) is 0 Å². The van der Waals surface area contributed by atoms with E-state index >= 15 is 0 Å². The Morgan fingerprint density at radius 2 is 1.91 bits per heavy atom. The van der Waals surface area contributed by atoms with E-state index in [0.29, 0.717) is 17.5 Å². The fourth-order valence-corrected chi connectivity index (χ4v) is 5.14. The first kappa shape index (κ1) is 23.9. The van der Waals surface area contributed by atoms with Crippen molar-refractivity contribution < 1.29 is 14.6 Å². The number of rotatable bonds is 6. The van der Waals surface area contributed by atoms with Crippen LogP contribution in [0.1, 0.15) is 42.9 Å². The minimum absolute atomic E-state index is 0.609. The van der Waals surface area contributed by atoms with E-state index in [9.17, 15) is 5.11 Å². The summed E-state index contributed by atoms with van der Waals surface area (Å²) in [6.45, 7) is 5.27. The highest BCUT2D eigenvalue weighted by molar-refractivity contribution is 6.30. The van der Waals surface area contributed by atoms with E-state index in [2.05, 4.69) is 22.0 Å². The molecule has 35 heavy (non-hydrogen) atoms. The standard InChI is InChI=1S/C29H31ClN2O3/c1-2-34-26-8-3-9-27-25(26)20-21(24-7-4-16-31-28(24)35-27)6-5-17-32-18-14-29(33,15-19-32)22-10-12-23(30)13-11-22/h3-4,6-13,16,33H,2,5,14-15,17-20H2,1H3/b21-6-. The van der Waals surface area contributed by atoms with E-state index < -0.39 is 5.60 Å². The van der Waals surface area contributed by atoms with E-state index in [0.717, 1.165) is 73.5 Å². The number of ether oxygens (including phenoxy) is 2. The van der Waals surface area contributed by atoms with Crippen LogP contribution in [0, 0.1) is 0 Å². The zero-order chi connectivity index (χ0) is 24.3. The normalized spacial score (nSPS) is 18.3. The zero-order valence-electron chi connectivity index (χ0n) is 20.0. The molecule has 2 aliphatic rings. The van der Waals surface area contributed by atoms with Gasteiger partial charge in [-0.05, 0) is 73.7 Å². The van der Waals surface area contributed by atoms with Crippen molar-refractivity contribution in [1.82, 2.24) is 9.88 Å². The molecule has 6 heteroatoms. The molecule has 2 aliphatic heterocycles. The van der Waals surface area contributed by atoms with Gasteiger partial charge in [-0.3, -0.25) is 0 Å². The van der Waals surface area contributed by atoms with Crippen LogP contribution >= 0.6 is 11.6 Å². The summed E-state index contributed by atoms with van der Waals surface area (Å²) in [7, 11) is 0. The second-order valence-electron chi connectivity index (χ2n) is 9.20. The molecule has 5 rings (SSSR count). The number of piperidine rings is 1. The number of nitrogens with zero attached hydrogens (tertiary/aromatic N) is 2. The number of halogens is 1. The Labute approximate surface area is 212 Å². The van der Waals surface area contributed by atoms with Gasteiger partial charge < -0.3 is 19.5 Å². The molecule has 3 aromatic rings. The quantitative estimate of drug-likeness (QED) is 0.443. The molecule has 0 spiro atoms. The smallest absolute Gasteiger partial charge is 0.226 e. The highest BCUT2D eigenvalue weighted by atomic mass is 35.5. The van der Waals surface area contributed by atoms with Crippen molar-refractivity contribution in [1.29, 1.82) is 0 Å². The molecule has 0 radical (unpaired) electrons. The third-order valence-corrected chi connectivity index (χ3v) is 7.23. The van der Waals surface area contributed by atoms with Gasteiger partial charge >= 0.3 is 0 Å². The monoisotopic (exact) mass is 490 g/mol. The third-order valence-electron chi connectivity index (χ3n) is 6.98. The summed E-state index contributed by atoms with van der Waals surface area (Å²) in [6, 6.07) is 17.6. The van der Waals surface area contributed by atoms with Crippen molar-refractivity contribution in [2.24, 2.45) is 0 Å². The van der Waals surface area contributed by atoms with Crippen molar-refractivity contribution in [3.8, 4) is 17.4 Å². The van der Waals surface area contributed by atoms with E-state index in [1.54, 1.807) is 6.20 Å². The number of allylic oxidation sites excluding steroid dienone is 1. The number of fused-ring (bicyclic) bond motifs is 2. The maximum atomic E-state index is 11.2. The van der Waals surface area contributed by atoms with Gasteiger partial charge in [0.1, 0.15) is 11.5 Å². The molecular formula is C29H31ClN2O3. The Kier molecular flexibility index (Phi) is 7.09. The number of likely N-dealkylation sites (tertiary alicyclic amines) is 1. The number of hydrogen-bond acceptors (Lipinski definition) is 5. The van der Waals surface area contributed by atoms with Crippen LogP contribution in [0.25, 0.3) is 5.57 Å². The molecular weight excluding hydrogens is 460 g/mol. The fraction of sp³-hybridized carbons (Fsp3) is 0.345. The first-order valence-corrected chi connectivity index (χ1v) is 12.7. The van der Waals surface area contributed by atoms with Crippen LogP contribution in [0.15, 0.2) is 66.9 Å². The van der Waals surface area contributed by atoms with Gasteiger partial charge in [0.2, 0.25) is 5.88 Å². The second-order valence-corrected chi connectivity index (χ2v) is 9.64. The number of pyridine rings is 1. The first-order chi connectivity index (χ1) is 17.1. The van der Waals surface area contributed by atoms with Crippen molar-refractivity contribution in [2.45, 2.75) is 38.2 Å². The Hall–Kier alpha value is -2.86. The highest BCUT2D eigenvalue weighted by Gasteiger charge is 2.33. The molecule has 0 saturated carbocycles. The van der Waals surface area contributed by atoms with Gasteiger partial charge in [0.15, 0.2) is 0 Å². The molecule has 0 aliphatic carbocycles. The Balaban J connectivity index is 1.29. The molecule has 1 fully saturated rings. The minimum atomic E-state index is -0.776. The lowest BCUT2D eigenvalue weighted by Crippen LogP contribution is -2.42. The fourth-order valence-electron chi connectivity index (χ4n) is 5.01. The zero-order valence-corrected chi connectivity index (χ0v) is 20.8. The average molecular weight is 491 g/mol. The van der Waals surface area contributed by atoms with Gasteiger partial charge in [0.25, 0.3) is 0 Å². The van der Waals surface area contributed by atoms with Gasteiger partial charge in [-0.25, -0.2) is 4.98 Å². The molecule has 182 valence electrons. The number of aliphatic hydroxyl groups is 1. The lowest BCUT2D eigenvalue weighted by Gasteiger charge is -2.38. The second kappa shape index (κ2) is 10.4. The van der Waals surface area contributed by atoms with Crippen LogP contribution in [0.3, 0.4) is 0 Å². The summed E-state index contributed by atoms with van der Waals surface area (Å²) in [6.07, 6.45) is 7.16. The summed E-state index contributed by atoms with van der Waals surface area (Å²) in [4.78, 5) is 6.93. The van der Waals surface area contributed by atoms with Gasteiger partial charge in [-0.2, -0.15) is 0 Å². The van der Waals surface area contributed by atoms with Crippen LogP contribution in [-0.4, -0.2) is 41.2 Å². The van der Waals surface area contributed by atoms with Crippen LogP contribution in [0.4, 0.5) is 0 Å². The Morgan fingerprint density at radius 3 is 2.69 bits per heavy atom. The predicted octanol–water partition coefficient (Wildman–Crippen LogP) is 6.24. The first-order valence-electron chi connectivity index (χ1n) is 12.3. The highest BCUT2D eigenvalue weighted by Crippen LogP contribution is 2.41. The van der Waals surface area contributed by atoms with Gasteiger partial charge in [0, 0.05) is 48.4 Å². The molecule has 0 amide bonds. The van der Waals surface area contributed by atoms with E-state index in [1.807, 2.05) is 55.5 Å². The summed E-state index contributed by atoms with van der Waals surface area (Å²) in [5, 5.41) is 11.9. The van der Waals surface area contributed by atoms with E-state index in [1.165, 1.54) is 5.57 Å². The Bertz CT molecular complexity index is 1200. The van der Waals surface area contributed by atoms with Crippen molar-refractivity contribution in [3.05, 3.63) is 88.6 Å². The number of hydrogen-bond donors (Lipinski definition) is 1. The Morgan fingerprint density at radius 1 is 1.11 bits per heavy atom. The minimum Gasteiger partial charge on any atom is -0.493 e. The summed E-state index contributed by atoms with van der Waals surface area (Å²) >= 11 is 6.02. The van der Waals surface area contributed by atoms with Crippen LogP contribution in [-0.2, 0) is 12.0 Å². The third kappa shape index (κ3) is 5.22. The molecule has 2 aromatic carbocycles. The summed E-state index contributed by atoms with van der Waals surface area (Å²) in [5.74, 6) is 2.30. The van der Waals surface area contributed by atoms with Gasteiger partial charge in [0.05, 0.1) is 12.2 Å². The van der Waals surface area contributed by atoms with Crippen molar-refractivity contribution in [3.63, 3.8) is 0 Å². The largest absolute Gasteiger partial charge is 0.493 e. The molecule has 0 bridgehead atoms. The molecule has 3 heterocycles. The number of benzene rings is 2. The maximum Gasteiger partial charge on any atom is 0.226 e. The van der Waals surface area contributed by atoms with Crippen LogP contribution in [0.5, 0.6) is 17.4 Å². The van der Waals surface area contributed by atoms with Crippen molar-refractivity contribution >= 4 is 17.2 Å². The lowest BCUT2D eigenvalue weighted by atomic mass is 9.84. The van der Waals surface area contributed by atoms with Crippen LogP contribution < -0.4 is 9.47 Å². The molecule has 1 saturated heterocycles. The number of aromatic nitrogens is 1. The van der Waals surface area contributed by atoms with Gasteiger partial charge in [-0.1, -0.05) is 35.9 Å². The summed E-state index contributed by atoms with van der Waals surface area (Å²) < 4.78 is 12.1. The summed E-state index contributed by atoms with van der Waals surface area (Å²) in [5.41, 5.74) is 3.47. The van der Waals surface area contributed by atoms with E-state index in [-0.39, 0.29) is 0 Å². The molecule has 0 unspecified atom stereocenters. The predicted molar refractivity (Wildman–Crippen MR) is 139 cm³/mol. The van der Waals surface area contributed by atoms with Crippen molar-refractivity contribution in [2.75, 3.05) is 26.2 Å². The topological polar surface area (TPSA) is 54.8 Å². The molecule has 5 nitrogen and oxygen atoms in total. The molecule has 0 atom stereocenters. The van der Waals surface area contributed by atoms with E-state index in [4.69, 9.17) is 21.1 Å².